The summed E-state index contributed by atoms with van der Waals surface area (Å²) in [5.74, 6) is 0.210. The van der Waals surface area contributed by atoms with Crippen LogP contribution in [-0.2, 0) is 9.59 Å². The number of ether oxygens (including phenoxy) is 1. The minimum Gasteiger partial charge on any atom is -0.494 e. The molecule has 0 bridgehead atoms. The standard InChI is InChI=1S/C12H13N3O3S/c1-6(16)13-8-4-9(18-3)11-10(5-8)19-12(15-11)14-7(2)17/h4-5H,1-3H3,(H,13,16)(H,14,15,17). The summed E-state index contributed by atoms with van der Waals surface area (Å²) in [4.78, 5) is 26.4. The highest BCUT2D eigenvalue weighted by Gasteiger charge is 2.12. The van der Waals surface area contributed by atoms with Crippen LogP contribution in [0.15, 0.2) is 12.1 Å². The molecule has 0 saturated carbocycles. The van der Waals surface area contributed by atoms with Crippen LogP contribution in [0.5, 0.6) is 5.75 Å². The zero-order valence-corrected chi connectivity index (χ0v) is 11.6. The third-order valence-electron chi connectivity index (χ3n) is 2.28. The second-order valence-corrected chi connectivity index (χ2v) is 4.94. The van der Waals surface area contributed by atoms with Gasteiger partial charge in [0.15, 0.2) is 5.13 Å². The summed E-state index contributed by atoms with van der Waals surface area (Å²) in [5.41, 5.74) is 1.29. The summed E-state index contributed by atoms with van der Waals surface area (Å²) in [6.45, 7) is 2.86. The number of rotatable bonds is 3. The molecular weight excluding hydrogens is 266 g/mol. The van der Waals surface area contributed by atoms with E-state index in [1.54, 1.807) is 12.1 Å². The van der Waals surface area contributed by atoms with Crippen molar-refractivity contribution < 1.29 is 14.3 Å². The molecule has 100 valence electrons. The van der Waals surface area contributed by atoms with Gasteiger partial charge in [0.1, 0.15) is 11.3 Å². The predicted octanol–water partition coefficient (Wildman–Crippen LogP) is 2.22. The van der Waals surface area contributed by atoms with Crippen LogP contribution in [-0.4, -0.2) is 23.9 Å². The normalized spacial score (nSPS) is 10.3. The number of thiazole rings is 1. The number of benzene rings is 1. The first-order valence-electron chi connectivity index (χ1n) is 5.53. The summed E-state index contributed by atoms with van der Waals surface area (Å²) in [5, 5.41) is 5.83. The lowest BCUT2D eigenvalue weighted by Crippen LogP contribution is -2.05. The predicted molar refractivity (Wildman–Crippen MR) is 74.8 cm³/mol. The molecule has 0 atom stereocenters. The Bertz CT molecular complexity index is 651. The van der Waals surface area contributed by atoms with E-state index in [1.165, 1.54) is 32.3 Å². The lowest BCUT2D eigenvalue weighted by Gasteiger charge is -2.05. The molecule has 0 saturated heterocycles. The number of hydrogen-bond donors (Lipinski definition) is 2. The lowest BCUT2D eigenvalue weighted by molar-refractivity contribution is -0.115. The van der Waals surface area contributed by atoms with E-state index in [1.807, 2.05) is 0 Å². The van der Waals surface area contributed by atoms with E-state index >= 15 is 0 Å². The monoisotopic (exact) mass is 279 g/mol. The van der Waals surface area contributed by atoms with Gasteiger partial charge in [-0.2, -0.15) is 0 Å². The first kappa shape index (κ1) is 13.3. The largest absolute Gasteiger partial charge is 0.494 e. The van der Waals surface area contributed by atoms with Crippen molar-refractivity contribution in [2.75, 3.05) is 17.7 Å². The summed E-state index contributed by atoms with van der Waals surface area (Å²) in [7, 11) is 1.53. The first-order valence-corrected chi connectivity index (χ1v) is 6.35. The van der Waals surface area contributed by atoms with E-state index in [-0.39, 0.29) is 11.8 Å². The van der Waals surface area contributed by atoms with Gasteiger partial charge in [-0.25, -0.2) is 4.98 Å². The number of nitrogens with one attached hydrogen (secondary N) is 2. The van der Waals surface area contributed by atoms with Gasteiger partial charge >= 0.3 is 0 Å². The molecule has 0 radical (unpaired) electrons. The van der Waals surface area contributed by atoms with Crippen molar-refractivity contribution in [1.29, 1.82) is 0 Å². The van der Waals surface area contributed by atoms with Crippen LogP contribution >= 0.6 is 11.3 Å². The zero-order valence-electron chi connectivity index (χ0n) is 10.7. The average molecular weight is 279 g/mol. The Morgan fingerprint density at radius 1 is 1.21 bits per heavy atom. The van der Waals surface area contributed by atoms with Crippen molar-refractivity contribution in [3.63, 3.8) is 0 Å². The van der Waals surface area contributed by atoms with Crippen LogP contribution in [0, 0.1) is 0 Å². The molecule has 1 heterocycles. The van der Waals surface area contributed by atoms with E-state index in [9.17, 15) is 9.59 Å². The van der Waals surface area contributed by atoms with E-state index in [0.29, 0.717) is 22.1 Å². The van der Waals surface area contributed by atoms with Gasteiger partial charge in [0.05, 0.1) is 11.8 Å². The molecule has 2 N–H and O–H groups in total. The molecule has 7 heteroatoms. The maximum atomic E-state index is 11.1. The summed E-state index contributed by atoms with van der Waals surface area (Å²) >= 11 is 1.32. The molecular formula is C12H13N3O3S. The molecule has 2 amide bonds. The van der Waals surface area contributed by atoms with Crippen molar-refractivity contribution in [1.82, 2.24) is 4.98 Å². The van der Waals surface area contributed by atoms with Gasteiger partial charge in [0, 0.05) is 25.6 Å². The summed E-state index contributed by atoms with van der Waals surface area (Å²) in [6, 6.07) is 3.49. The first-order chi connectivity index (χ1) is 8.99. The highest BCUT2D eigenvalue weighted by atomic mass is 32.1. The number of fused-ring (bicyclic) bond motifs is 1. The number of methoxy groups -OCH3 is 1. The fraction of sp³-hybridized carbons (Fsp3) is 0.250. The van der Waals surface area contributed by atoms with E-state index in [4.69, 9.17) is 4.74 Å². The molecule has 1 aromatic carbocycles. The average Bonchev–Trinajstić information content (AvgIpc) is 2.68. The van der Waals surface area contributed by atoms with Crippen molar-refractivity contribution in [3.05, 3.63) is 12.1 Å². The van der Waals surface area contributed by atoms with Crippen LogP contribution in [0.3, 0.4) is 0 Å². The third-order valence-corrected chi connectivity index (χ3v) is 3.20. The quantitative estimate of drug-likeness (QED) is 0.902. The fourth-order valence-electron chi connectivity index (χ4n) is 1.63. The van der Waals surface area contributed by atoms with Gasteiger partial charge in [-0.1, -0.05) is 11.3 Å². The third kappa shape index (κ3) is 3.00. The Labute approximate surface area is 113 Å². The number of anilines is 2. The molecule has 0 aliphatic rings. The van der Waals surface area contributed by atoms with Gasteiger partial charge in [-0.15, -0.1) is 0 Å². The van der Waals surface area contributed by atoms with Crippen molar-refractivity contribution in [2.45, 2.75) is 13.8 Å². The minimum atomic E-state index is -0.180. The molecule has 1 aromatic heterocycles. The van der Waals surface area contributed by atoms with Crippen molar-refractivity contribution in [2.24, 2.45) is 0 Å². The second kappa shape index (κ2) is 5.23. The molecule has 0 fully saturated rings. The summed E-state index contributed by atoms with van der Waals surface area (Å²) < 4.78 is 6.07. The number of amides is 2. The molecule has 2 rings (SSSR count). The van der Waals surface area contributed by atoms with Crippen LogP contribution in [0.4, 0.5) is 10.8 Å². The Morgan fingerprint density at radius 2 is 1.89 bits per heavy atom. The molecule has 2 aromatic rings. The lowest BCUT2D eigenvalue weighted by atomic mass is 10.2. The van der Waals surface area contributed by atoms with Gasteiger partial charge in [-0.05, 0) is 6.07 Å². The Morgan fingerprint density at radius 3 is 2.47 bits per heavy atom. The van der Waals surface area contributed by atoms with Crippen LogP contribution < -0.4 is 15.4 Å². The van der Waals surface area contributed by atoms with Crippen molar-refractivity contribution in [3.8, 4) is 5.75 Å². The molecule has 0 unspecified atom stereocenters. The van der Waals surface area contributed by atoms with Gasteiger partial charge in [0.2, 0.25) is 11.8 Å². The Balaban J connectivity index is 2.49. The number of hydrogen-bond acceptors (Lipinski definition) is 5. The van der Waals surface area contributed by atoms with Crippen molar-refractivity contribution >= 4 is 44.2 Å². The zero-order chi connectivity index (χ0) is 14.0. The maximum Gasteiger partial charge on any atom is 0.223 e. The molecule has 0 spiro atoms. The minimum absolute atomic E-state index is 0.159. The number of aromatic nitrogens is 1. The fourth-order valence-corrected chi connectivity index (χ4v) is 2.60. The Hall–Kier alpha value is -2.15. The molecule has 6 nitrogen and oxygen atoms in total. The van der Waals surface area contributed by atoms with Crippen LogP contribution in [0.2, 0.25) is 0 Å². The number of carbonyl (C=O) groups is 2. The second-order valence-electron chi connectivity index (χ2n) is 3.91. The smallest absolute Gasteiger partial charge is 0.223 e. The SMILES string of the molecule is COc1cc(NC(C)=O)cc2sc(NC(C)=O)nc12. The van der Waals surface area contributed by atoms with Gasteiger partial charge in [-0.3, -0.25) is 9.59 Å². The topological polar surface area (TPSA) is 80.3 Å². The van der Waals surface area contributed by atoms with E-state index < -0.39 is 0 Å². The highest BCUT2D eigenvalue weighted by molar-refractivity contribution is 7.22. The number of nitrogens with zero attached hydrogens (tertiary/aromatic N) is 1. The van der Waals surface area contributed by atoms with E-state index in [0.717, 1.165) is 4.70 Å². The summed E-state index contributed by atoms with van der Waals surface area (Å²) in [6.07, 6.45) is 0. The van der Waals surface area contributed by atoms with E-state index in [2.05, 4.69) is 15.6 Å². The van der Waals surface area contributed by atoms with Gasteiger partial charge < -0.3 is 15.4 Å². The van der Waals surface area contributed by atoms with Crippen LogP contribution in [0.25, 0.3) is 10.2 Å². The maximum absolute atomic E-state index is 11.1. The van der Waals surface area contributed by atoms with Gasteiger partial charge in [0.25, 0.3) is 0 Å². The van der Waals surface area contributed by atoms with Crippen LogP contribution in [0.1, 0.15) is 13.8 Å². The molecule has 19 heavy (non-hydrogen) atoms. The Kier molecular flexibility index (Phi) is 3.66. The molecule has 0 aliphatic carbocycles. The highest BCUT2D eigenvalue weighted by Crippen LogP contribution is 2.35. The number of carbonyl (C=O) groups excluding carboxylic acids is 2. The molecule has 0 aliphatic heterocycles.